The summed E-state index contributed by atoms with van der Waals surface area (Å²) >= 11 is 3.41. The van der Waals surface area contributed by atoms with Crippen molar-refractivity contribution in [1.29, 1.82) is 0 Å². The third-order valence-electron chi connectivity index (χ3n) is 3.07. The van der Waals surface area contributed by atoms with E-state index in [2.05, 4.69) is 52.4 Å². The van der Waals surface area contributed by atoms with Gasteiger partial charge in [0.2, 0.25) is 0 Å². The van der Waals surface area contributed by atoms with Crippen molar-refractivity contribution in [3.05, 3.63) is 52.5 Å². The number of rotatable bonds is 5. The molecule has 0 saturated heterocycles. The van der Waals surface area contributed by atoms with Crippen LogP contribution in [0.4, 0.5) is 17.1 Å². The molecule has 0 aromatic heterocycles. The van der Waals surface area contributed by atoms with Gasteiger partial charge in [-0.25, -0.2) is 0 Å². The van der Waals surface area contributed by atoms with Gasteiger partial charge in [-0.05, 0) is 48.7 Å². The maximum absolute atomic E-state index is 5.97. The molecule has 2 aromatic rings. The lowest BCUT2D eigenvalue weighted by molar-refractivity contribution is 0.795. The van der Waals surface area contributed by atoms with Gasteiger partial charge in [-0.1, -0.05) is 41.4 Å². The molecule has 0 heterocycles. The Morgan fingerprint density at radius 3 is 2.47 bits per heavy atom. The quantitative estimate of drug-likeness (QED) is 0.751. The molecule has 2 aromatic carbocycles. The Morgan fingerprint density at radius 1 is 1.11 bits per heavy atom. The molecule has 3 heteroatoms. The molecule has 100 valence electrons. The monoisotopic (exact) mass is 318 g/mol. The average molecular weight is 319 g/mol. The molecule has 0 unspecified atom stereocenters. The number of hydrogen-bond donors (Lipinski definition) is 2. The molecule has 0 aliphatic rings. The van der Waals surface area contributed by atoms with Gasteiger partial charge in [0.05, 0.1) is 11.4 Å². The first kappa shape index (κ1) is 13.9. The van der Waals surface area contributed by atoms with Crippen LogP contribution < -0.4 is 11.1 Å². The van der Waals surface area contributed by atoms with Gasteiger partial charge in [0.15, 0.2) is 0 Å². The normalized spacial score (nSPS) is 10.4. The van der Waals surface area contributed by atoms with E-state index in [4.69, 9.17) is 5.73 Å². The Hall–Kier alpha value is -1.48. The zero-order valence-corrected chi connectivity index (χ0v) is 12.7. The second-order valence-corrected chi connectivity index (χ2v) is 5.57. The van der Waals surface area contributed by atoms with Crippen molar-refractivity contribution in [3.63, 3.8) is 0 Å². The van der Waals surface area contributed by atoms with Crippen LogP contribution in [0, 0.1) is 0 Å². The lowest BCUT2D eigenvalue weighted by atomic mass is 10.1. The first-order valence-corrected chi connectivity index (χ1v) is 7.39. The van der Waals surface area contributed by atoms with Crippen LogP contribution in [0.3, 0.4) is 0 Å². The van der Waals surface area contributed by atoms with Gasteiger partial charge >= 0.3 is 0 Å². The number of unbranched alkanes of at least 4 members (excludes halogenated alkanes) is 1. The molecule has 0 amide bonds. The summed E-state index contributed by atoms with van der Waals surface area (Å²) in [5.41, 5.74) is 10.1. The number of halogens is 1. The molecule has 19 heavy (non-hydrogen) atoms. The number of hydrogen-bond acceptors (Lipinski definition) is 2. The van der Waals surface area contributed by atoms with E-state index in [1.54, 1.807) is 0 Å². The molecule has 0 atom stereocenters. The molecule has 0 spiro atoms. The SMILES string of the molecule is CCCCc1ccc(Nc2ccc(Br)cc2N)cc1. The van der Waals surface area contributed by atoms with Crippen LogP contribution in [-0.4, -0.2) is 0 Å². The summed E-state index contributed by atoms with van der Waals surface area (Å²) in [5.74, 6) is 0. The molecular formula is C16H19BrN2. The predicted molar refractivity (Wildman–Crippen MR) is 86.9 cm³/mol. The molecule has 0 aliphatic heterocycles. The lowest BCUT2D eigenvalue weighted by Crippen LogP contribution is -1.96. The molecule has 0 aliphatic carbocycles. The Kier molecular flexibility index (Phi) is 4.86. The fourth-order valence-corrected chi connectivity index (χ4v) is 2.32. The van der Waals surface area contributed by atoms with Crippen molar-refractivity contribution < 1.29 is 0 Å². The highest BCUT2D eigenvalue weighted by molar-refractivity contribution is 9.10. The summed E-state index contributed by atoms with van der Waals surface area (Å²) in [6.45, 7) is 2.21. The molecule has 3 N–H and O–H groups in total. The summed E-state index contributed by atoms with van der Waals surface area (Å²) in [6.07, 6.45) is 3.62. The largest absolute Gasteiger partial charge is 0.397 e. The third-order valence-corrected chi connectivity index (χ3v) is 3.56. The highest BCUT2D eigenvalue weighted by atomic mass is 79.9. The fourth-order valence-electron chi connectivity index (χ4n) is 1.94. The van der Waals surface area contributed by atoms with Gasteiger partial charge in [0.1, 0.15) is 0 Å². The highest BCUT2D eigenvalue weighted by Crippen LogP contribution is 2.26. The number of anilines is 3. The molecular weight excluding hydrogens is 300 g/mol. The van der Waals surface area contributed by atoms with E-state index < -0.39 is 0 Å². The molecule has 0 radical (unpaired) electrons. The van der Waals surface area contributed by atoms with Gasteiger partial charge in [0, 0.05) is 10.2 Å². The lowest BCUT2D eigenvalue weighted by Gasteiger charge is -2.10. The number of nitrogens with two attached hydrogens (primary N) is 1. The van der Waals surface area contributed by atoms with Crippen LogP contribution in [0.5, 0.6) is 0 Å². The zero-order valence-electron chi connectivity index (χ0n) is 11.1. The molecule has 0 saturated carbocycles. The van der Waals surface area contributed by atoms with E-state index in [9.17, 15) is 0 Å². The Labute approximate surface area is 123 Å². The van der Waals surface area contributed by atoms with Crippen LogP contribution >= 0.6 is 15.9 Å². The average Bonchev–Trinajstić information content (AvgIpc) is 2.41. The minimum Gasteiger partial charge on any atom is -0.397 e. The first-order valence-electron chi connectivity index (χ1n) is 6.60. The molecule has 2 nitrogen and oxygen atoms in total. The Balaban J connectivity index is 2.06. The molecule has 2 rings (SSSR count). The minimum atomic E-state index is 0.740. The summed E-state index contributed by atoms with van der Waals surface area (Å²) in [7, 11) is 0. The van der Waals surface area contributed by atoms with Gasteiger partial charge in [0.25, 0.3) is 0 Å². The number of aryl methyl sites for hydroxylation is 1. The maximum Gasteiger partial charge on any atom is 0.0618 e. The van der Waals surface area contributed by atoms with Crippen LogP contribution in [0.1, 0.15) is 25.3 Å². The third kappa shape index (κ3) is 4.00. The van der Waals surface area contributed by atoms with Crippen LogP contribution in [0.2, 0.25) is 0 Å². The van der Waals surface area contributed by atoms with Crippen molar-refractivity contribution in [2.45, 2.75) is 26.2 Å². The van der Waals surface area contributed by atoms with Gasteiger partial charge in [-0.3, -0.25) is 0 Å². The van der Waals surface area contributed by atoms with E-state index >= 15 is 0 Å². The maximum atomic E-state index is 5.97. The highest BCUT2D eigenvalue weighted by Gasteiger charge is 2.00. The van der Waals surface area contributed by atoms with Crippen molar-refractivity contribution >= 4 is 33.0 Å². The van der Waals surface area contributed by atoms with E-state index in [0.29, 0.717) is 0 Å². The van der Waals surface area contributed by atoms with Crippen molar-refractivity contribution in [3.8, 4) is 0 Å². The van der Waals surface area contributed by atoms with E-state index in [0.717, 1.165) is 28.0 Å². The van der Waals surface area contributed by atoms with E-state index in [1.165, 1.54) is 18.4 Å². The Morgan fingerprint density at radius 2 is 1.84 bits per heavy atom. The second kappa shape index (κ2) is 6.62. The molecule has 0 fully saturated rings. The number of nitrogen functional groups attached to an aromatic ring is 1. The van der Waals surface area contributed by atoms with Crippen LogP contribution in [0.15, 0.2) is 46.9 Å². The predicted octanol–water partition coefficient (Wildman–Crippen LogP) is 5.12. The standard InChI is InChI=1S/C16H19BrN2/c1-2-3-4-12-5-8-14(9-6-12)19-16-10-7-13(17)11-15(16)18/h5-11,19H,2-4,18H2,1H3. The van der Waals surface area contributed by atoms with Crippen LogP contribution in [0.25, 0.3) is 0 Å². The minimum absolute atomic E-state index is 0.740. The second-order valence-electron chi connectivity index (χ2n) is 4.66. The van der Waals surface area contributed by atoms with Gasteiger partial charge in [-0.2, -0.15) is 0 Å². The molecule has 0 bridgehead atoms. The van der Waals surface area contributed by atoms with Gasteiger partial charge in [-0.15, -0.1) is 0 Å². The summed E-state index contributed by atoms with van der Waals surface area (Å²) in [5, 5.41) is 3.34. The number of nitrogens with one attached hydrogen (secondary N) is 1. The summed E-state index contributed by atoms with van der Waals surface area (Å²) in [4.78, 5) is 0. The van der Waals surface area contributed by atoms with Crippen LogP contribution in [-0.2, 0) is 6.42 Å². The van der Waals surface area contributed by atoms with Crippen molar-refractivity contribution in [1.82, 2.24) is 0 Å². The van der Waals surface area contributed by atoms with Crippen molar-refractivity contribution in [2.75, 3.05) is 11.1 Å². The first-order chi connectivity index (χ1) is 9.19. The van der Waals surface area contributed by atoms with E-state index in [1.807, 2.05) is 18.2 Å². The number of benzene rings is 2. The smallest absolute Gasteiger partial charge is 0.0618 e. The van der Waals surface area contributed by atoms with E-state index in [-0.39, 0.29) is 0 Å². The summed E-state index contributed by atoms with van der Waals surface area (Å²) < 4.78 is 0.991. The fraction of sp³-hybridized carbons (Fsp3) is 0.250. The zero-order chi connectivity index (χ0) is 13.7. The Bertz CT molecular complexity index is 535. The summed E-state index contributed by atoms with van der Waals surface area (Å²) in [6, 6.07) is 14.4. The van der Waals surface area contributed by atoms with Crippen molar-refractivity contribution in [2.24, 2.45) is 0 Å². The van der Waals surface area contributed by atoms with Gasteiger partial charge < -0.3 is 11.1 Å². The topological polar surface area (TPSA) is 38.0 Å².